The summed E-state index contributed by atoms with van der Waals surface area (Å²) >= 11 is 0. The van der Waals surface area contributed by atoms with E-state index < -0.39 is 10.0 Å². The smallest absolute Gasteiger partial charge is 0.213 e. The van der Waals surface area contributed by atoms with E-state index in [0.717, 1.165) is 12.1 Å². The van der Waals surface area contributed by atoms with Crippen LogP contribution < -0.4 is 10.0 Å². The van der Waals surface area contributed by atoms with Crippen LogP contribution in [0.3, 0.4) is 0 Å². The van der Waals surface area contributed by atoms with E-state index in [0.29, 0.717) is 6.54 Å². The average molecular weight is 270 g/mol. The first-order valence-corrected chi connectivity index (χ1v) is 7.87. The first-order chi connectivity index (χ1) is 8.44. The maximum absolute atomic E-state index is 11.8. The predicted octanol–water partition coefficient (Wildman–Crippen LogP) is 1.58. The molecule has 0 aromatic heterocycles. The van der Waals surface area contributed by atoms with Gasteiger partial charge in [-0.2, -0.15) is 0 Å². The van der Waals surface area contributed by atoms with Crippen LogP contribution in [0.25, 0.3) is 0 Å². The van der Waals surface area contributed by atoms with Gasteiger partial charge in [-0.05, 0) is 26.0 Å². The summed E-state index contributed by atoms with van der Waals surface area (Å²) in [6.07, 6.45) is 0. The molecule has 0 radical (unpaired) electrons. The highest BCUT2D eigenvalue weighted by Crippen LogP contribution is 2.13. The fourth-order valence-corrected chi connectivity index (χ4v) is 2.84. The number of nitrogens with one attached hydrogen (secondary N) is 2. The topological polar surface area (TPSA) is 58.2 Å². The zero-order chi connectivity index (χ0) is 13.6. The molecular formula is C13H22N2O2S. The second kappa shape index (κ2) is 6.87. The molecule has 0 saturated carbocycles. The van der Waals surface area contributed by atoms with E-state index in [1.165, 1.54) is 5.56 Å². The first-order valence-electron chi connectivity index (χ1n) is 6.22. The van der Waals surface area contributed by atoms with E-state index in [9.17, 15) is 8.42 Å². The van der Waals surface area contributed by atoms with Gasteiger partial charge in [0.25, 0.3) is 0 Å². The lowest BCUT2D eigenvalue weighted by atomic mass is 10.1. The highest BCUT2D eigenvalue weighted by Gasteiger charge is 2.15. The lowest BCUT2D eigenvalue weighted by Crippen LogP contribution is -2.33. The van der Waals surface area contributed by atoms with Crippen molar-refractivity contribution in [3.05, 3.63) is 35.4 Å². The Morgan fingerprint density at radius 1 is 1.22 bits per heavy atom. The number of benzene rings is 1. The molecule has 1 rings (SSSR count). The molecule has 1 unspecified atom stereocenters. The summed E-state index contributed by atoms with van der Waals surface area (Å²) < 4.78 is 26.3. The number of rotatable bonds is 7. The summed E-state index contributed by atoms with van der Waals surface area (Å²) in [6.45, 7) is 7.08. The van der Waals surface area contributed by atoms with E-state index in [2.05, 4.69) is 10.0 Å². The number of aryl methyl sites for hydroxylation is 1. The van der Waals surface area contributed by atoms with Crippen LogP contribution in [-0.2, 0) is 10.0 Å². The lowest BCUT2D eigenvalue weighted by Gasteiger charge is -2.15. The summed E-state index contributed by atoms with van der Waals surface area (Å²) in [5, 5.41) is 3.01. The molecule has 1 aromatic carbocycles. The Balaban J connectivity index is 2.58. The standard InChI is InChI=1S/C13H22N2O2S/c1-4-14-9-10-18(16,17)15-12(3)13-7-5-11(2)6-8-13/h5-8,12,14-15H,4,9-10H2,1-3H3. The van der Waals surface area contributed by atoms with E-state index in [1.807, 2.05) is 45.0 Å². The van der Waals surface area contributed by atoms with Crippen molar-refractivity contribution < 1.29 is 8.42 Å². The molecule has 4 nitrogen and oxygen atoms in total. The molecular weight excluding hydrogens is 248 g/mol. The van der Waals surface area contributed by atoms with Gasteiger partial charge in [0.15, 0.2) is 0 Å². The van der Waals surface area contributed by atoms with Crippen molar-refractivity contribution in [1.29, 1.82) is 0 Å². The van der Waals surface area contributed by atoms with Crippen LogP contribution in [0, 0.1) is 6.92 Å². The van der Waals surface area contributed by atoms with Gasteiger partial charge in [0, 0.05) is 12.6 Å². The molecule has 0 amide bonds. The van der Waals surface area contributed by atoms with Crippen LogP contribution in [0.2, 0.25) is 0 Å². The number of hydrogen-bond acceptors (Lipinski definition) is 3. The third-order valence-electron chi connectivity index (χ3n) is 2.73. The zero-order valence-electron chi connectivity index (χ0n) is 11.2. The maximum atomic E-state index is 11.8. The van der Waals surface area contributed by atoms with Crippen molar-refractivity contribution >= 4 is 10.0 Å². The van der Waals surface area contributed by atoms with Gasteiger partial charge in [-0.25, -0.2) is 13.1 Å². The summed E-state index contributed by atoms with van der Waals surface area (Å²) in [7, 11) is -3.22. The summed E-state index contributed by atoms with van der Waals surface area (Å²) in [6, 6.07) is 7.68. The lowest BCUT2D eigenvalue weighted by molar-refractivity contribution is 0.563. The van der Waals surface area contributed by atoms with Gasteiger partial charge in [-0.3, -0.25) is 0 Å². The van der Waals surface area contributed by atoms with Gasteiger partial charge in [-0.1, -0.05) is 36.8 Å². The number of hydrogen-bond donors (Lipinski definition) is 2. The van der Waals surface area contributed by atoms with Crippen molar-refractivity contribution in [2.24, 2.45) is 0 Å². The minimum Gasteiger partial charge on any atom is -0.316 e. The molecule has 0 aliphatic heterocycles. The highest BCUT2D eigenvalue weighted by molar-refractivity contribution is 7.89. The molecule has 1 atom stereocenters. The van der Waals surface area contributed by atoms with Gasteiger partial charge >= 0.3 is 0 Å². The number of sulfonamides is 1. The summed E-state index contributed by atoms with van der Waals surface area (Å²) in [5.74, 6) is 0.108. The van der Waals surface area contributed by atoms with Crippen LogP contribution in [0.15, 0.2) is 24.3 Å². The quantitative estimate of drug-likeness (QED) is 0.740. The molecule has 1 aromatic rings. The van der Waals surface area contributed by atoms with Gasteiger partial charge < -0.3 is 5.32 Å². The molecule has 2 N–H and O–H groups in total. The summed E-state index contributed by atoms with van der Waals surface area (Å²) in [5.41, 5.74) is 2.15. The van der Waals surface area contributed by atoms with Crippen molar-refractivity contribution in [2.75, 3.05) is 18.8 Å². The molecule has 0 heterocycles. The third-order valence-corrected chi connectivity index (χ3v) is 4.19. The third kappa shape index (κ3) is 5.16. The van der Waals surface area contributed by atoms with Gasteiger partial charge in [0.2, 0.25) is 10.0 Å². The molecule has 0 aliphatic carbocycles. The van der Waals surface area contributed by atoms with Crippen molar-refractivity contribution in [3.63, 3.8) is 0 Å². The normalized spacial score (nSPS) is 13.5. The first kappa shape index (κ1) is 15.1. The Bertz CT molecular complexity index is 454. The second-order valence-electron chi connectivity index (χ2n) is 4.42. The monoisotopic (exact) mass is 270 g/mol. The molecule has 0 spiro atoms. The van der Waals surface area contributed by atoms with Crippen molar-refractivity contribution in [1.82, 2.24) is 10.0 Å². The molecule has 0 aliphatic rings. The maximum Gasteiger partial charge on any atom is 0.213 e. The average Bonchev–Trinajstić information content (AvgIpc) is 2.29. The Kier molecular flexibility index (Phi) is 5.78. The van der Waals surface area contributed by atoms with E-state index in [-0.39, 0.29) is 11.8 Å². The molecule has 18 heavy (non-hydrogen) atoms. The SMILES string of the molecule is CCNCCS(=O)(=O)NC(C)c1ccc(C)cc1. The minimum atomic E-state index is -3.22. The Labute approximate surface area is 110 Å². The Hall–Kier alpha value is -0.910. The minimum absolute atomic E-state index is 0.108. The Morgan fingerprint density at radius 2 is 1.83 bits per heavy atom. The Morgan fingerprint density at radius 3 is 2.39 bits per heavy atom. The fourth-order valence-electron chi connectivity index (χ4n) is 1.63. The summed E-state index contributed by atoms with van der Waals surface area (Å²) in [4.78, 5) is 0. The van der Waals surface area contributed by atoms with E-state index >= 15 is 0 Å². The molecule has 102 valence electrons. The van der Waals surface area contributed by atoms with Crippen LogP contribution in [0.5, 0.6) is 0 Å². The van der Waals surface area contributed by atoms with Crippen molar-refractivity contribution in [3.8, 4) is 0 Å². The van der Waals surface area contributed by atoms with Crippen LogP contribution in [-0.4, -0.2) is 27.3 Å². The van der Waals surface area contributed by atoms with Gasteiger partial charge in [0.05, 0.1) is 5.75 Å². The van der Waals surface area contributed by atoms with Crippen LogP contribution >= 0.6 is 0 Å². The van der Waals surface area contributed by atoms with Gasteiger partial charge in [-0.15, -0.1) is 0 Å². The predicted molar refractivity (Wildman–Crippen MR) is 75.1 cm³/mol. The van der Waals surface area contributed by atoms with Crippen LogP contribution in [0.4, 0.5) is 0 Å². The van der Waals surface area contributed by atoms with E-state index in [1.54, 1.807) is 0 Å². The molecule has 0 fully saturated rings. The molecule has 5 heteroatoms. The fraction of sp³-hybridized carbons (Fsp3) is 0.538. The van der Waals surface area contributed by atoms with Crippen molar-refractivity contribution in [2.45, 2.75) is 26.8 Å². The molecule has 0 saturated heterocycles. The zero-order valence-corrected chi connectivity index (χ0v) is 12.0. The second-order valence-corrected chi connectivity index (χ2v) is 6.30. The molecule has 0 bridgehead atoms. The largest absolute Gasteiger partial charge is 0.316 e. The van der Waals surface area contributed by atoms with Crippen LogP contribution in [0.1, 0.15) is 31.0 Å². The highest BCUT2D eigenvalue weighted by atomic mass is 32.2. The van der Waals surface area contributed by atoms with Gasteiger partial charge in [0.1, 0.15) is 0 Å². The van der Waals surface area contributed by atoms with E-state index in [4.69, 9.17) is 0 Å².